The van der Waals surface area contributed by atoms with Crippen molar-refractivity contribution in [2.45, 2.75) is 0 Å². The maximum Gasteiger partial charge on any atom is 0.134 e. The minimum atomic E-state index is 0.977. The lowest BCUT2D eigenvalue weighted by Crippen LogP contribution is -1.88. The second-order valence-corrected chi connectivity index (χ2v) is 2.51. The number of nitrogens with one attached hydrogen (secondary N) is 2. The third kappa shape index (κ3) is 0.936. The number of nitrogens with zero attached hydrogens (tertiary/aromatic N) is 1. The average molecular weight is 223 g/mol. The topological polar surface area (TPSA) is 40.7 Å². The number of halogens is 1. The average Bonchev–Trinajstić information content (AvgIpc) is 2.14. The first-order chi connectivity index (χ1) is 3.84. The molecular formula is C4H6IN3. The van der Waals surface area contributed by atoms with Crippen LogP contribution < -0.4 is 5.32 Å². The predicted octanol–water partition coefficient (Wildman–Crippen LogP) is 1.06. The standard InChI is InChI=1S/C4H6IN3/c1-6-4-3(5)2-7-8-4/h2H,1H3,(H2,6,7,8). The molecule has 0 aromatic carbocycles. The molecule has 0 amide bonds. The first kappa shape index (κ1) is 5.87. The van der Waals surface area contributed by atoms with Crippen LogP contribution in [0.2, 0.25) is 0 Å². The fraction of sp³-hybridized carbons (Fsp3) is 0.250. The van der Waals surface area contributed by atoms with E-state index in [1.165, 1.54) is 0 Å². The van der Waals surface area contributed by atoms with Crippen LogP contribution in [-0.4, -0.2) is 17.2 Å². The van der Waals surface area contributed by atoms with E-state index in [0.717, 1.165) is 9.39 Å². The molecule has 4 heteroatoms. The Labute approximate surface area is 61.0 Å². The van der Waals surface area contributed by atoms with Crippen LogP contribution in [0.25, 0.3) is 0 Å². The monoisotopic (exact) mass is 223 g/mol. The fourth-order valence-corrected chi connectivity index (χ4v) is 0.976. The molecule has 0 saturated heterocycles. The van der Waals surface area contributed by atoms with Gasteiger partial charge in [-0.05, 0) is 22.6 Å². The quantitative estimate of drug-likeness (QED) is 0.698. The lowest BCUT2D eigenvalue weighted by molar-refractivity contribution is 1.09. The molecule has 0 aliphatic carbocycles. The zero-order valence-electron chi connectivity index (χ0n) is 4.40. The van der Waals surface area contributed by atoms with Gasteiger partial charge >= 0.3 is 0 Å². The van der Waals surface area contributed by atoms with E-state index >= 15 is 0 Å². The second kappa shape index (κ2) is 2.34. The van der Waals surface area contributed by atoms with Gasteiger partial charge in [-0.1, -0.05) is 0 Å². The number of anilines is 1. The van der Waals surface area contributed by atoms with E-state index in [1.807, 2.05) is 7.05 Å². The SMILES string of the molecule is CNc1[nH]ncc1I. The van der Waals surface area contributed by atoms with Crippen molar-refractivity contribution in [3.8, 4) is 0 Å². The summed E-state index contributed by atoms with van der Waals surface area (Å²) in [7, 11) is 1.86. The van der Waals surface area contributed by atoms with Crippen molar-refractivity contribution in [2.24, 2.45) is 0 Å². The molecule has 0 unspecified atom stereocenters. The van der Waals surface area contributed by atoms with Crippen molar-refractivity contribution in [2.75, 3.05) is 12.4 Å². The molecule has 0 spiro atoms. The van der Waals surface area contributed by atoms with Crippen molar-refractivity contribution < 1.29 is 0 Å². The number of hydrogen-bond donors (Lipinski definition) is 2. The van der Waals surface area contributed by atoms with Gasteiger partial charge in [0.1, 0.15) is 5.82 Å². The van der Waals surface area contributed by atoms with Gasteiger partial charge in [-0.2, -0.15) is 5.10 Å². The Morgan fingerprint density at radius 3 is 2.88 bits per heavy atom. The van der Waals surface area contributed by atoms with E-state index in [-0.39, 0.29) is 0 Å². The van der Waals surface area contributed by atoms with Crippen LogP contribution in [0.15, 0.2) is 6.20 Å². The van der Waals surface area contributed by atoms with Gasteiger partial charge in [-0.25, -0.2) is 0 Å². The van der Waals surface area contributed by atoms with E-state index < -0.39 is 0 Å². The molecule has 1 heterocycles. The molecule has 0 atom stereocenters. The Bertz CT molecular complexity index is 172. The van der Waals surface area contributed by atoms with Crippen LogP contribution in [0.4, 0.5) is 5.82 Å². The highest BCUT2D eigenvalue weighted by molar-refractivity contribution is 14.1. The summed E-state index contributed by atoms with van der Waals surface area (Å²) in [6.07, 6.45) is 1.77. The van der Waals surface area contributed by atoms with Crippen molar-refractivity contribution in [3.05, 3.63) is 9.77 Å². The lowest BCUT2D eigenvalue weighted by Gasteiger charge is -1.90. The van der Waals surface area contributed by atoms with Gasteiger partial charge in [0.2, 0.25) is 0 Å². The Morgan fingerprint density at radius 1 is 1.88 bits per heavy atom. The number of aromatic amines is 1. The Morgan fingerprint density at radius 2 is 2.62 bits per heavy atom. The normalized spacial score (nSPS) is 9.25. The van der Waals surface area contributed by atoms with Crippen LogP contribution >= 0.6 is 22.6 Å². The minimum Gasteiger partial charge on any atom is -0.373 e. The lowest BCUT2D eigenvalue weighted by atomic mass is 10.6. The first-order valence-corrected chi connectivity index (χ1v) is 3.29. The summed E-state index contributed by atoms with van der Waals surface area (Å²) in [5.41, 5.74) is 0. The molecule has 0 saturated carbocycles. The Kier molecular flexibility index (Phi) is 1.72. The van der Waals surface area contributed by atoms with E-state index in [1.54, 1.807) is 6.20 Å². The molecule has 3 nitrogen and oxygen atoms in total. The van der Waals surface area contributed by atoms with Gasteiger partial charge in [0.15, 0.2) is 0 Å². The smallest absolute Gasteiger partial charge is 0.134 e. The maximum absolute atomic E-state index is 3.80. The summed E-state index contributed by atoms with van der Waals surface area (Å²) in [5, 5.41) is 9.53. The summed E-state index contributed by atoms with van der Waals surface area (Å²) < 4.78 is 1.12. The van der Waals surface area contributed by atoms with Crippen LogP contribution in [0, 0.1) is 3.57 Å². The summed E-state index contributed by atoms with van der Waals surface area (Å²) in [4.78, 5) is 0. The molecule has 0 aliphatic rings. The van der Waals surface area contributed by atoms with Crippen molar-refractivity contribution in [1.82, 2.24) is 10.2 Å². The molecule has 1 rings (SSSR count). The van der Waals surface area contributed by atoms with Crippen LogP contribution in [0.5, 0.6) is 0 Å². The van der Waals surface area contributed by atoms with Crippen molar-refractivity contribution in [3.63, 3.8) is 0 Å². The molecule has 1 aromatic rings. The molecule has 0 aliphatic heterocycles. The summed E-state index contributed by atoms with van der Waals surface area (Å²) >= 11 is 2.20. The molecule has 8 heavy (non-hydrogen) atoms. The third-order valence-electron chi connectivity index (χ3n) is 0.843. The molecule has 0 radical (unpaired) electrons. The van der Waals surface area contributed by atoms with E-state index in [4.69, 9.17) is 0 Å². The highest BCUT2D eigenvalue weighted by atomic mass is 127. The Hall–Kier alpha value is -0.260. The predicted molar refractivity (Wildman–Crippen MR) is 40.9 cm³/mol. The largest absolute Gasteiger partial charge is 0.373 e. The number of hydrogen-bond acceptors (Lipinski definition) is 2. The van der Waals surface area contributed by atoms with Crippen molar-refractivity contribution in [1.29, 1.82) is 0 Å². The number of rotatable bonds is 1. The molecular weight excluding hydrogens is 217 g/mol. The second-order valence-electron chi connectivity index (χ2n) is 1.34. The number of aromatic nitrogens is 2. The maximum atomic E-state index is 3.80. The molecule has 2 N–H and O–H groups in total. The van der Waals surface area contributed by atoms with E-state index in [9.17, 15) is 0 Å². The third-order valence-corrected chi connectivity index (χ3v) is 1.66. The summed E-state index contributed by atoms with van der Waals surface area (Å²) in [6, 6.07) is 0. The molecule has 0 bridgehead atoms. The Balaban J connectivity index is 2.92. The van der Waals surface area contributed by atoms with Gasteiger partial charge < -0.3 is 5.32 Å². The van der Waals surface area contributed by atoms with Gasteiger partial charge in [0, 0.05) is 7.05 Å². The van der Waals surface area contributed by atoms with Gasteiger partial charge in [-0.15, -0.1) is 0 Å². The van der Waals surface area contributed by atoms with Crippen molar-refractivity contribution >= 4 is 28.4 Å². The highest BCUT2D eigenvalue weighted by Gasteiger charge is 1.94. The van der Waals surface area contributed by atoms with Gasteiger partial charge in [0.05, 0.1) is 9.77 Å². The molecule has 0 fully saturated rings. The summed E-state index contributed by atoms with van der Waals surface area (Å²) in [6.45, 7) is 0. The molecule has 44 valence electrons. The summed E-state index contributed by atoms with van der Waals surface area (Å²) in [5.74, 6) is 0.977. The number of H-pyrrole nitrogens is 1. The first-order valence-electron chi connectivity index (χ1n) is 2.21. The fourth-order valence-electron chi connectivity index (χ4n) is 0.447. The van der Waals surface area contributed by atoms with Gasteiger partial charge in [-0.3, -0.25) is 5.10 Å². The highest BCUT2D eigenvalue weighted by Crippen LogP contribution is 2.11. The van der Waals surface area contributed by atoms with Crippen LogP contribution in [0.1, 0.15) is 0 Å². The minimum absolute atomic E-state index is 0.977. The van der Waals surface area contributed by atoms with Gasteiger partial charge in [0.25, 0.3) is 0 Å². The zero-order valence-corrected chi connectivity index (χ0v) is 6.56. The van der Waals surface area contributed by atoms with E-state index in [2.05, 4.69) is 38.1 Å². The van der Waals surface area contributed by atoms with Crippen LogP contribution in [-0.2, 0) is 0 Å². The van der Waals surface area contributed by atoms with E-state index in [0.29, 0.717) is 0 Å². The van der Waals surface area contributed by atoms with Crippen LogP contribution in [0.3, 0.4) is 0 Å². The zero-order chi connectivity index (χ0) is 5.98. The molecule has 1 aromatic heterocycles.